The van der Waals surface area contributed by atoms with Gasteiger partial charge in [-0.15, -0.1) is 0 Å². The van der Waals surface area contributed by atoms with Gasteiger partial charge in [-0.1, -0.05) is 12.8 Å². The molecule has 0 aromatic rings. The van der Waals surface area contributed by atoms with Gasteiger partial charge in [0.15, 0.2) is 0 Å². The summed E-state index contributed by atoms with van der Waals surface area (Å²) in [7, 11) is 0. The lowest BCUT2D eigenvalue weighted by atomic mass is 9.90. The predicted octanol–water partition coefficient (Wildman–Crippen LogP) is 2.11. The van der Waals surface area contributed by atoms with Gasteiger partial charge >= 0.3 is 0 Å². The van der Waals surface area contributed by atoms with Gasteiger partial charge in [-0.3, -0.25) is 4.79 Å². The minimum absolute atomic E-state index is 0.447. The van der Waals surface area contributed by atoms with E-state index in [0.717, 1.165) is 17.4 Å². The summed E-state index contributed by atoms with van der Waals surface area (Å²) in [6.07, 6.45) is 5.35. The summed E-state index contributed by atoms with van der Waals surface area (Å²) in [4.78, 5) is 11.3. The van der Waals surface area contributed by atoms with Gasteiger partial charge in [0, 0.05) is 11.7 Å². The van der Waals surface area contributed by atoms with Crippen LogP contribution in [0.4, 0.5) is 0 Å². The average Bonchev–Trinajstić information content (AvgIpc) is 2.55. The average molecular weight is 170 g/mol. The molecule has 0 bridgehead atoms. The van der Waals surface area contributed by atoms with E-state index in [1.165, 1.54) is 25.7 Å². The number of carbonyl (C=O) groups is 1. The molecule has 0 aromatic heterocycles. The maximum absolute atomic E-state index is 11.3. The minimum Gasteiger partial charge on any atom is -0.298 e. The molecule has 0 spiro atoms. The van der Waals surface area contributed by atoms with Crippen LogP contribution in [0.2, 0.25) is 0 Å². The molecule has 1 nitrogen and oxygen atoms in total. The van der Waals surface area contributed by atoms with Gasteiger partial charge in [-0.2, -0.15) is 11.8 Å². The Morgan fingerprint density at radius 1 is 1.27 bits per heavy atom. The molecule has 2 heteroatoms. The van der Waals surface area contributed by atoms with E-state index >= 15 is 0 Å². The first kappa shape index (κ1) is 7.66. The summed E-state index contributed by atoms with van der Waals surface area (Å²) in [6.45, 7) is 0. The third-order valence-corrected chi connectivity index (χ3v) is 4.01. The first-order chi connectivity index (χ1) is 5.38. The largest absolute Gasteiger partial charge is 0.298 e. The molecule has 1 aliphatic heterocycles. The van der Waals surface area contributed by atoms with Crippen LogP contribution in [-0.4, -0.2) is 17.3 Å². The lowest BCUT2D eigenvalue weighted by Gasteiger charge is -2.14. The molecule has 2 aliphatic rings. The van der Waals surface area contributed by atoms with Gasteiger partial charge < -0.3 is 0 Å². The molecule has 1 aliphatic carbocycles. The number of carbonyl (C=O) groups excluding carboxylic acids is 1. The van der Waals surface area contributed by atoms with Gasteiger partial charge in [0.1, 0.15) is 5.78 Å². The van der Waals surface area contributed by atoms with Crippen molar-refractivity contribution in [1.29, 1.82) is 0 Å². The number of Topliss-reactive ketones (excluding diaryl/α,β-unsaturated/α-hetero) is 1. The van der Waals surface area contributed by atoms with Crippen molar-refractivity contribution in [2.24, 2.45) is 11.8 Å². The second-order valence-electron chi connectivity index (χ2n) is 3.63. The third-order valence-electron chi connectivity index (χ3n) is 2.92. The second kappa shape index (κ2) is 3.18. The fourth-order valence-corrected chi connectivity index (χ4v) is 3.49. The zero-order valence-electron chi connectivity index (χ0n) is 6.71. The SMILES string of the molecule is O=C1CSCC1C1CCCC1. The lowest BCUT2D eigenvalue weighted by molar-refractivity contribution is -0.120. The Bertz CT molecular complexity index is 161. The fraction of sp³-hybridized carbons (Fsp3) is 0.889. The Labute approximate surface area is 71.9 Å². The van der Waals surface area contributed by atoms with Gasteiger partial charge in [-0.25, -0.2) is 0 Å². The summed E-state index contributed by atoms with van der Waals surface area (Å²) in [5.41, 5.74) is 0. The summed E-state index contributed by atoms with van der Waals surface area (Å²) >= 11 is 1.83. The van der Waals surface area contributed by atoms with Crippen LogP contribution in [0.3, 0.4) is 0 Å². The van der Waals surface area contributed by atoms with E-state index in [4.69, 9.17) is 0 Å². The highest BCUT2D eigenvalue weighted by Gasteiger charge is 2.33. The molecule has 11 heavy (non-hydrogen) atoms. The fourth-order valence-electron chi connectivity index (χ4n) is 2.25. The third kappa shape index (κ3) is 1.46. The van der Waals surface area contributed by atoms with Crippen molar-refractivity contribution in [3.05, 3.63) is 0 Å². The monoisotopic (exact) mass is 170 g/mol. The van der Waals surface area contributed by atoms with Crippen LogP contribution in [0.1, 0.15) is 25.7 Å². The van der Waals surface area contributed by atoms with Crippen LogP contribution in [0.25, 0.3) is 0 Å². The van der Waals surface area contributed by atoms with Gasteiger partial charge in [0.25, 0.3) is 0 Å². The summed E-state index contributed by atoms with van der Waals surface area (Å²) in [5, 5.41) is 0. The molecule has 0 amide bonds. The highest BCUT2D eigenvalue weighted by molar-refractivity contribution is 8.00. The predicted molar refractivity (Wildman–Crippen MR) is 47.8 cm³/mol. The smallest absolute Gasteiger partial charge is 0.146 e. The van der Waals surface area contributed by atoms with Crippen molar-refractivity contribution in [3.63, 3.8) is 0 Å². The first-order valence-electron chi connectivity index (χ1n) is 4.48. The van der Waals surface area contributed by atoms with Crippen LogP contribution in [0, 0.1) is 11.8 Å². The summed E-state index contributed by atoms with van der Waals surface area (Å²) < 4.78 is 0. The van der Waals surface area contributed by atoms with Gasteiger partial charge in [0.05, 0.1) is 5.75 Å². The topological polar surface area (TPSA) is 17.1 Å². The minimum atomic E-state index is 0.447. The zero-order valence-corrected chi connectivity index (χ0v) is 7.53. The Kier molecular flexibility index (Phi) is 2.21. The van der Waals surface area contributed by atoms with Crippen molar-refractivity contribution in [1.82, 2.24) is 0 Å². The number of hydrogen-bond donors (Lipinski definition) is 0. The van der Waals surface area contributed by atoms with Gasteiger partial charge in [0.2, 0.25) is 0 Å². The molecule has 1 unspecified atom stereocenters. The molecule has 1 atom stereocenters. The molecule has 1 saturated heterocycles. The van der Waals surface area contributed by atoms with Crippen LogP contribution in [0.5, 0.6) is 0 Å². The van der Waals surface area contributed by atoms with Crippen LogP contribution < -0.4 is 0 Å². The molecule has 2 fully saturated rings. The maximum Gasteiger partial charge on any atom is 0.146 e. The second-order valence-corrected chi connectivity index (χ2v) is 4.66. The molecule has 1 saturated carbocycles. The molecule has 0 N–H and O–H groups in total. The number of rotatable bonds is 1. The van der Waals surface area contributed by atoms with Crippen molar-refractivity contribution >= 4 is 17.5 Å². The van der Waals surface area contributed by atoms with E-state index in [9.17, 15) is 4.79 Å². The highest BCUT2D eigenvalue weighted by Crippen LogP contribution is 2.37. The van der Waals surface area contributed by atoms with Gasteiger partial charge in [-0.05, 0) is 18.8 Å². The van der Waals surface area contributed by atoms with E-state index in [-0.39, 0.29) is 0 Å². The summed E-state index contributed by atoms with van der Waals surface area (Å²) in [6, 6.07) is 0. The molecule has 2 rings (SSSR count). The van der Waals surface area contributed by atoms with Crippen LogP contribution in [0.15, 0.2) is 0 Å². The molecular formula is C9H14OS. The van der Waals surface area contributed by atoms with Crippen molar-refractivity contribution in [2.45, 2.75) is 25.7 Å². The number of ketones is 1. The molecule has 62 valence electrons. The highest BCUT2D eigenvalue weighted by atomic mass is 32.2. The Morgan fingerprint density at radius 3 is 2.55 bits per heavy atom. The Balaban J connectivity index is 1.97. The molecule has 1 heterocycles. The quantitative estimate of drug-likeness (QED) is 0.599. The van der Waals surface area contributed by atoms with E-state index in [1.807, 2.05) is 11.8 Å². The summed E-state index contributed by atoms with van der Waals surface area (Å²) in [5.74, 6) is 3.65. The van der Waals surface area contributed by atoms with Crippen LogP contribution in [-0.2, 0) is 4.79 Å². The van der Waals surface area contributed by atoms with E-state index in [0.29, 0.717) is 11.7 Å². The first-order valence-corrected chi connectivity index (χ1v) is 5.64. The number of hydrogen-bond acceptors (Lipinski definition) is 2. The normalized spacial score (nSPS) is 33.5. The Hall–Kier alpha value is 0.0200. The number of thioether (sulfide) groups is 1. The molecule has 0 radical (unpaired) electrons. The van der Waals surface area contributed by atoms with Crippen molar-refractivity contribution in [3.8, 4) is 0 Å². The van der Waals surface area contributed by atoms with Crippen molar-refractivity contribution < 1.29 is 4.79 Å². The molecular weight excluding hydrogens is 156 g/mol. The maximum atomic E-state index is 11.3. The zero-order chi connectivity index (χ0) is 7.68. The standard InChI is InChI=1S/C9H14OS/c10-9-6-11-5-8(9)7-3-1-2-4-7/h7-8H,1-6H2. The van der Waals surface area contributed by atoms with E-state index in [1.54, 1.807) is 0 Å². The molecule has 0 aromatic carbocycles. The van der Waals surface area contributed by atoms with E-state index < -0.39 is 0 Å². The Morgan fingerprint density at radius 2 is 2.00 bits per heavy atom. The van der Waals surface area contributed by atoms with Crippen molar-refractivity contribution in [2.75, 3.05) is 11.5 Å². The lowest BCUT2D eigenvalue weighted by Crippen LogP contribution is -2.19. The van der Waals surface area contributed by atoms with E-state index in [2.05, 4.69) is 0 Å². The van der Waals surface area contributed by atoms with Crippen LogP contribution >= 0.6 is 11.8 Å².